The molecule has 0 bridgehead atoms. The number of hydrogen-bond acceptors (Lipinski definition) is 6. The summed E-state index contributed by atoms with van der Waals surface area (Å²) in [6.07, 6.45) is 0.319. The van der Waals surface area contributed by atoms with Crippen molar-refractivity contribution in [3.8, 4) is 5.75 Å². The highest BCUT2D eigenvalue weighted by Gasteiger charge is 2.21. The normalized spacial score (nSPS) is 11.3. The number of likely N-dealkylation sites (N-methyl/N-ethyl adjacent to an activating group) is 1. The Bertz CT molecular complexity index is 923. The number of hydrogen-bond donors (Lipinski definition) is 0. The molecule has 3 aromatic rings. The second-order valence-corrected chi connectivity index (χ2v) is 9.07. The van der Waals surface area contributed by atoms with Gasteiger partial charge in [-0.05, 0) is 45.3 Å². The van der Waals surface area contributed by atoms with Crippen LogP contribution in [-0.2, 0) is 11.2 Å². The molecule has 8 heteroatoms. The Morgan fingerprint density at radius 3 is 2.67 bits per heavy atom. The number of carbonyl (C=O) groups excluding carboxylic acids is 1. The first kappa shape index (κ1) is 20.1. The van der Waals surface area contributed by atoms with E-state index in [1.807, 2.05) is 51.4 Å². The van der Waals surface area contributed by atoms with E-state index >= 15 is 0 Å². The zero-order valence-electron chi connectivity index (χ0n) is 15.6. The number of thiazole rings is 1. The summed E-state index contributed by atoms with van der Waals surface area (Å²) >= 11 is 8.96. The minimum Gasteiger partial charge on any atom is -0.492 e. The van der Waals surface area contributed by atoms with E-state index in [-0.39, 0.29) is 5.91 Å². The maximum absolute atomic E-state index is 13.0. The van der Waals surface area contributed by atoms with Crippen molar-refractivity contribution in [2.45, 2.75) is 13.3 Å². The Morgan fingerprint density at radius 2 is 2.00 bits per heavy atom. The van der Waals surface area contributed by atoms with Crippen LogP contribution in [0.15, 0.2) is 30.3 Å². The molecular weight excluding hydrogens is 402 g/mol. The summed E-state index contributed by atoms with van der Waals surface area (Å²) in [5, 5.41) is 0.701. The van der Waals surface area contributed by atoms with E-state index < -0.39 is 0 Å². The largest absolute Gasteiger partial charge is 0.492 e. The van der Waals surface area contributed by atoms with Crippen LogP contribution in [-0.4, -0.2) is 49.6 Å². The highest BCUT2D eigenvalue weighted by atomic mass is 35.5. The average molecular weight is 424 g/mol. The minimum absolute atomic E-state index is 0.0207. The molecule has 0 aliphatic carbocycles. The number of halogens is 1. The van der Waals surface area contributed by atoms with Gasteiger partial charge in [-0.15, -0.1) is 11.3 Å². The Balaban J connectivity index is 1.91. The highest BCUT2D eigenvalue weighted by molar-refractivity contribution is 7.22. The Labute approximate surface area is 172 Å². The van der Waals surface area contributed by atoms with Gasteiger partial charge in [0.15, 0.2) is 5.13 Å². The Kier molecular flexibility index (Phi) is 6.70. The Hall–Kier alpha value is -1.67. The number of ether oxygens (including phenoxy) is 1. The topological polar surface area (TPSA) is 45.7 Å². The molecule has 0 saturated heterocycles. The summed E-state index contributed by atoms with van der Waals surface area (Å²) in [6, 6.07) is 9.60. The van der Waals surface area contributed by atoms with Crippen LogP contribution in [0, 0.1) is 0 Å². The summed E-state index contributed by atoms with van der Waals surface area (Å²) in [6.45, 7) is 3.86. The molecule has 1 amide bonds. The average Bonchev–Trinajstić information content (AvgIpc) is 3.22. The molecule has 1 aromatic carbocycles. The molecule has 0 aliphatic rings. The second-order valence-electron chi connectivity index (χ2n) is 6.26. The number of aromatic nitrogens is 1. The van der Waals surface area contributed by atoms with Crippen molar-refractivity contribution < 1.29 is 9.53 Å². The molecular formula is C19H22ClN3O2S2. The number of benzene rings is 1. The lowest BCUT2D eigenvalue weighted by atomic mass is 10.3. The van der Waals surface area contributed by atoms with Gasteiger partial charge < -0.3 is 9.64 Å². The standard InChI is InChI=1S/C19H22ClN3O2S2/c1-4-25-14-6-5-7-15-18(14)21-19(27-15)23(11-10-22(2)3)17(24)12-13-8-9-16(20)26-13/h5-9H,4,10-12H2,1-3H3. The van der Waals surface area contributed by atoms with Crippen LogP contribution < -0.4 is 9.64 Å². The molecule has 2 aromatic heterocycles. The highest BCUT2D eigenvalue weighted by Crippen LogP contribution is 2.34. The van der Waals surface area contributed by atoms with Gasteiger partial charge in [0, 0.05) is 18.0 Å². The van der Waals surface area contributed by atoms with Crippen LogP contribution >= 0.6 is 34.3 Å². The van der Waals surface area contributed by atoms with Gasteiger partial charge in [0.1, 0.15) is 11.3 Å². The zero-order valence-corrected chi connectivity index (χ0v) is 18.0. The zero-order chi connectivity index (χ0) is 19.4. The molecule has 2 heterocycles. The maximum Gasteiger partial charge on any atom is 0.234 e. The predicted molar refractivity (Wildman–Crippen MR) is 115 cm³/mol. The van der Waals surface area contributed by atoms with Gasteiger partial charge in [0.2, 0.25) is 5.91 Å². The van der Waals surface area contributed by atoms with Gasteiger partial charge in [0.05, 0.1) is 22.1 Å². The number of amides is 1. The van der Waals surface area contributed by atoms with Crippen LogP contribution in [0.2, 0.25) is 4.34 Å². The smallest absolute Gasteiger partial charge is 0.234 e. The number of fused-ring (bicyclic) bond motifs is 1. The fourth-order valence-corrected chi connectivity index (χ4v) is 4.72. The number of rotatable bonds is 8. The molecule has 27 heavy (non-hydrogen) atoms. The predicted octanol–water partition coefficient (Wildman–Crippen LogP) is 4.55. The van der Waals surface area contributed by atoms with E-state index in [1.165, 1.54) is 22.7 Å². The molecule has 0 atom stereocenters. The second kappa shape index (κ2) is 9.01. The van der Waals surface area contributed by atoms with Gasteiger partial charge in [0.25, 0.3) is 0 Å². The third-order valence-corrected chi connectivity index (χ3v) is 6.20. The van der Waals surface area contributed by atoms with Gasteiger partial charge in [-0.1, -0.05) is 29.0 Å². The fourth-order valence-electron chi connectivity index (χ4n) is 2.62. The molecule has 3 rings (SSSR count). The molecule has 144 valence electrons. The van der Waals surface area contributed by atoms with E-state index in [0.717, 1.165) is 27.4 Å². The first-order valence-corrected chi connectivity index (χ1v) is 10.7. The first-order chi connectivity index (χ1) is 13.0. The van der Waals surface area contributed by atoms with E-state index in [9.17, 15) is 4.79 Å². The number of nitrogens with zero attached hydrogens (tertiary/aromatic N) is 3. The van der Waals surface area contributed by atoms with E-state index in [4.69, 9.17) is 21.3 Å². The quantitative estimate of drug-likeness (QED) is 0.533. The summed E-state index contributed by atoms with van der Waals surface area (Å²) in [5.41, 5.74) is 0.807. The van der Waals surface area contributed by atoms with Gasteiger partial charge in [-0.25, -0.2) is 4.98 Å². The van der Waals surface area contributed by atoms with E-state index in [1.54, 1.807) is 4.90 Å². The lowest BCUT2D eigenvalue weighted by Gasteiger charge is -2.21. The lowest BCUT2D eigenvalue weighted by Crippen LogP contribution is -2.37. The van der Waals surface area contributed by atoms with Crippen molar-refractivity contribution in [2.75, 3.05) is 38.7 Å². The summed E-state index contributed by atoms with van der Waals surface area (Å²) in [4.78, 5) is 22.5. The lowest BCUT2D eigenvalue weighted by molar-refractivity contribution is -0.118. The molecule has 0 radical (unpaired) electrons. The number of thiophene rings is 1. The van der Waals surface area contributed by atoms with E-state index in [0.29, 0.717) is 29.0 Å². The van der Waals surface area contributed by atoms with Crippen molar-refractivity contribution in [2.24, 2.45) is 0 Å². The van der Waals surface area contributed by atoms with E-state index in [2.05, 4.69) is 4.90 Å². The third-order valence-electron chi connectivity index (χ3n) is 3.93. The van der Waals surface area contributed by atoms with Crippen LogP contribution in [0.5, 0.6) is 5.75 Å². The molecule has 0 aliphatic heterocycles. The van der Waals surface area contributed by atoms with Gasteiger partial charge in [-0.3, -0.25) is 9.69 Å². The molecule has 0 unspecified atom stereocenters. The molecule has 0 N–H and O–H groups in total. The summed E-state index contributed by atoms with van der Waals surface area (Å²) in [7, 11) is 3.99. The monoisotopic (exact) mass is 423 g/mol. The van der Waals surface area contributed by atoms with Crippen molar-refractivity contribution in [1.29, 1.82) is 0 Å². The summed E-state index contributed by atoms with van der Waals surface area (Å²) < 4.78 is 7.39. The number of para-hydroxylation sites is 1. The van der Waals surface area contributed by atoms with Crippen molar-refractivity contribution in [3.05, 3.63) is 39.5 Å². The van der Waals surface area contributed by atoms with Crippen molar-refractivity contribution in [1.82, 2.24) is 9.88 Å². The van der Waals surface area contributed by atoms with Gasteiger partial charge >= 0.3 is 0 Å². The van der Waals surface area contributed by atoms with Crippen molar-refractivity contribution in [3.63, 3.8) is 0 Å². The minimum atomic E-state index is 0.0207. The third kappa shape index (κ3) is 4.99. The van der Waals surface area contributed by atoms with Crippen LogP contribution in [0.3, 0.4) is 0 Å². The SMILES string of the molecule is CCOc1cccc2sc(N(CCN(C)C)C(=O)Cc3ccc(Cl)s3)nc12. The number of carbonyl (C=O) groups is 1. The first-order valence-electron chi connectivity index (χ1n) is 8.69. The fraction of sp³-hybridized carbons (Fsp3) is 0.368. The molecule has 0 spiro atoms. The van der Waals surface area contributed by atoms with Gasteiger partial charge in [-0.2, -0.15) is 0 Å². The molecule has 0 fully saturated rings. The van der Waals surface area contributed by atoms with Crippen LogP contribution in [0.4, 0.5) is 5.13 Å². The molecule has 5 nitrogen and oxygen atoms in total. The Morgan fingerprint density at radius 1 is 1.19 bits per heavy atom. The maximum atomic E-state index is 13.0. The van der Waals surface area contributed by atoms with Crippen LogP contribution in [0.1, 0.15) is 11.8 Å². The molecule has 0 saturated carbocycles. The summed E-state index contributed by atoms with van der Waals surface area (Å²) in [5.74, 6) is 0.773. The van der Waals surface area contributed by atoms with Crippen LogP contribution in [0.25, 0.3) is 10.2 Å². The number of anilines is 1. The van der Waals surface area contributed by atoms with Crippen molar-refractivity contribution >= 4 is 55.5 Å².